The summed E-state index contributed by atoms with van der Waals surface area (Å²) in [7, 11) is 3.10. The van der Waals surface area contributed by atoms with Gasteiger partial charge in [-0.1, -0.05) is 36.4 Å². The van der Waals surface area contributed by atoms with Crippen molar-refractivity contribution in [2.75, 3.05) is 40.3 Å². The number of nitrogens with one attached hydrogen (secondary N) is 2. The number of aryl methyl sites for hydroxylation is 2. The largest absolute Gasteiger partial charge is 0.493 e. The first-order valence-corrected chi connectivity index (χ1v) is 17.5. The number of piperidine rings is 1. The summed E-state index contributed by atoms with van der Waals surface area (Å²) in [6, 6.07) is 20.1. The average Bonchev–Trinajstić information content (AvgIpc) is 3.57. The Bertz CT molecular complexity index is 1620. The SMILES string of the molecule is CNC(=O)[C@H](CCCc1ccccc1)NC(=O)C1CN(C(=O)CCc2ccccn2)CC2CN(C(=O)c3ccc(OC(C)C)c(OC)c3)CC21. The fourth-order valence-electron chi connectivity index (χ4n) is 7.07. The van der Waals surface area contributed by atoms with Crippen molar-refractivity contribution in [2.45, 2.75) is 58.1 Å². The van der Waals surface area contributed by atoms with E-state index in [1.165, 1.54) is 12.7 Å². The molecule has 266 valence electrons. The summed E-state index contributed by atoms with van der Waals surface area (Å²) in [4.78, 5) is 62.4. The molecule has 5 rings (SSSR count). The third-order valence-electron chi connectivity index (χ3n) is 9.63. The highest BCUT2D eigenvalue weighted by Gasteiger charge is 2.48. The van der Waals surface area contributed by atoms with E-state index in [4.69, 9.17) is 9.47 Å². The van der Waals surface area contributed by atoms with Gasteiger partial charge in [-0.25, -0.2) is 0 Å². The molecule has 11 heteroatoms. The number of hydrogen-bond acceptors (Lipinski definition) is 7. The predicted octanol–water partition coefficient (Wildman–Crippen LogP) is 3.91. The molecule has 0 radical (unpaired) electrons. The molecule has 3 aromatic rings. The van der Waals surface area contributed by atoms with E-state index < -0.39 is 12.0 Å². The van der Waals surface area contributed by atoms with Crippen molar-refractivity contribution >= 4 is 23.6 Å². The van der Waals surface area contributed by atoms with Gasteiger partial charge in [-0.15, -0.1) is 0 Å². The number of nitrogens with zero attached hydrogens (tertiary/aromatic N) is 3. The van der Waals surface area contributed by atoms with Crippen molar-refractivity contribution in [3.05, 3.63) is 89.7 Å². The number of carbonyl (C=O) groups excluding carboxylic acids is 4. The minimum absolute atomic E-state index is 0.0586. The fraction of sp³-hybridized carbons (Fsp3) is 0.462. The Morgan fingerprint density at radius 1 is 0.900 bits per heavy atom. The summed E-state index contributed by atoms with van der Waals surface area (Å²) in [6.45, 7) is 5.27. The lowest BCUT2D eigenvalue weighted by atomic mass is 9.79. The van der Waals surface area contributed by atoms with Crippen LogP contribution < -0.4 is 20.1 Å². The molecule has 2 N–H and O–H groups in total. The van der Waals surface area contributed by atoms with E-state index in [0.717, 1.165) is 12.1 Å². The molecule has 3 unspecified atom stereocenters. The van der Waals surface area contributed by atoms with Crippen LogP contribution in [0.3, 0.4) is 0 Å². The fourth-order valence-corrected chi connectivity index (χ4v) is 7.07. The highest BCUT2D eigenvalue weighted by molar-refractivity contribution is 5.95. The van der Waals surface area contributed by atoms with Crippen molar-refractivity contribution in [1.82, 2.24) is 25.4 Å². The summed E-state index contributed by atoms with van der Waals surface area (Å²) < 4.78 is 11.4. The number of methoxy groups -OCH3 is 1. The lowest BCUT2D eigenvalue weighted by Crippen LogP contribution is -2.56. The maximum absolute atomic E-state index is 14.1. The monoisotopic (exact) mass is 683 g/mol. The number of likely N-dealkylation sites (N-methyl/N-ethyl adjacent to an activating group) is 1. The van der Waals surface area contributed by atoms with Gasteiger partial charge in [0.05, 0.1) is 19.1 Å². The first-order valence-electron chi connectivity index (χ1n) is 17.5. The molecule has 2 aliphatic rings. The second-order valence-corrected chi connectivity index (χ2v) is 13.4. The summed E-state index contributed by atoms with van der Waals surface area (Å²) in [5, 5.41) is 5.73. The predicted molar refractivity (Wildman–Crippen MR) is 190 cm³/mol. The van der Waals surface area contributed by atoms with E-state index in [-0.39, 0.29) is 54.5 Å². The standard InChI is InChI=1S/C39H49N5O6/c1-26(2)50-34-18-16-28(21-35(34)49-4)39(48)44-23-29-22-43(36(45)19-17-30-14-8-9-20-41-30)25-32(31(29)24-44)37(46)42-33(38(47)40-3)15-10-13-27-11-6-5-7-12-27/h5-9,11-12,14,16,18,20-21,26,29,31-33H,10,13,15,17,19,22-25H2,1-4H3,(H,40,47)(H,42,46)/t29?,31?,32?,33-/m0/s1. The molecule has 3 heterocycles. The van der Waals surface area contributed by atoms with Gasteiger partial charge in [-0.2, -0.15) is 0 Å². The lowest BCUT2D eigenvalue weighted by Gasteiger charge is -2.40. The summed E-state index contributed by atoms with van der Waals surface area (Å²) in [5.41, 5.74) is 2.45. The van der Waals surface area contributed by atoms with Crippen molar-refractivity contribution in [1.29, 1.82) is 0 Å². The number of aromatic nitrogens is 1. The summed E-state index contributed by atoms with van der Waals surface area (Å²) >= 11 is 0. The maximum atomic E-state index is 14.1. The molecule has 4 atom stereocenters. The van der Waals surface area contributed by atoms with Gasteiger partial charge in [-0.05, 0) is 87.3 Å². The third-order valence-corrected chi connectivity index (χ3v) is 9.63. The number of benzene rings is 2. The molecule has 4 amide bonds. The first-order chi connectivity index (χ1) is 24.2. The normalized spacial score (nSPS) is 19.0. The highest BCUT2D eigenvalue weighted by atomic mass is 16.5. The molecule has 0 aliphatic carbocycles. The Labute approximate surface area is 294 Å². The molecule has 0 spiro atoms. The smallest absolute Gasteiger partial charge is 0.254 e. The zero-order chi connectivity index (χ0) is 35.6. The lowest BCUT2D eigenvalue weighted by molar-refractivity contribution is -0.140. The number of hydrogen-bond donors (Lipinski definition) is 2. The Kier molecular flexibility index (Phi) is 12.5. The molecule has 50 heavy (non-hydrogen) atoms. The van der Waals surface area contributed by atoms with Gasteiger partial charge in [0.25, 0.3) is 5.91 Å². The van der Waals surface area contributed by atoms with Crippen LogP contribution in [0, 0.1) is 17.8 Å². The Morgan fingerprint density at radius 2 is 1.66 bits per heavy atom. The van der Waals surface area contributed by atoms with Crippen LogP contribution in [0.4, 0.5) is 0 Å². The van der Waals surface area contributed by atoms with Crippen LogP contribution in [-0.4, -0.2) is 90.9 Å². The molecule has 0 saturated carbocycles. The van der Waals surface area contributed by atoms with Crippen LogP contribution in [0.1, 0.15) is 54.7 Å². The van der Waals surface area contributed by atoms with Gasteiger partial charge in [0.1, 0.15) is 6.04 Å². The van der Waals surface area contributed by atoms with E-state index in [9.17, 15) is 19.2 Å². The number of pyridine rings is 1. The molecule has 2 aliphatic heterocycles. The third kappa shape index (κ3) is 9.19. The van der Waals surface area contributed by atoms with Gasteiger partial charge in [0.15, 0.2) is 11.5 Å². The Morgan fingerprint density at radius 3 is 2.36 bits per heavy atom. The van der Waals surface area contributed by atoms with Gasteiger partial charge in [0.2, 0.25) is 17.7 Å². The highest BCUT2D eigenvalue weighted by Crippen LogP contribution is 2.37. The van der Waals surface area contributed by atoms with Crippen LogP contribution in [0.15, 0.2) is 72.9 Å². The van der Waals surface area contributed by atoms with Crippen molar-refractivity contribution in [3.8, 4) is 11.5 Å². The van der Waals surface area contributed by atoms with E-state index in [1.54, 1.807) is 41.2 Å². The van der Waals surface area contributed by atoms with Crippen LogP contribution in [0.25, 0.3) is 0 Å². The molecule has 11 nitrogen and oxygen atoms in total. The van der Waals surface area contributed by atoms with Crippen LogP contribution in [0.5, 0.6) is 11.5 Å². The van der Waals surface area contributed by atoms with E-state index >= 15 is 0 Å². The van der Waals surface area contributed by atoms with Crippen LogP contribution in [0.2, 0.25) is 0 Å². The van der Waals surface area contributed by atoms with Crippen LogP contribution >= 0.6 is 0 Å². The van der Waals surface area contributed by atoms with Crippen molar-refractivity contribution < 1.29 is 28.7 Å². The zero-order valence-corrected chi connectivity index (χ0v) is 29.5. The quantitative estimate of drug-likeness (QED) is 0.264. The molecule has 2 fully saturated rings. The number of fused-ring (bicyclic) bond motifs is 1. The summed E-state index contributed by atoms with van der Waals surface area (Å²) in [6.07, 6.45) is 4.36. The van der Waals surface area contributed by atoms with Gasteiger partial charge in [-0.3, -0.25) is 24.2 Å². The Hall–Kier alpha value is -4.93. The van der Waals surface area contributed by atoms with Crippen molar-refractivity contribution in [2.24, 2.45) is 17.8 Å². The minimum Gasteiger partial charge on any atom is -0.493 e. The second kappa shape index (κ2) is 17.1. The molecular formula is C39H49N5O6. The van der Waals surface area contributed by atoms with Gasteiger partial charge in [0, 0.05) is 57.1 Å². The van der Waals surface area contributed by atoms with Gasteiger partial charge >= 0.3 is 0 Å². The van der Waals surface area contributed by atoms with E-state index in [1.807, 2.05) is 62.4 Å². The maximum Gasteiger partial charge on any atom is 0.254 e. The molecule has 2 saturated heterocycles. The number of likely N-dealkylation sites (tertiary alicyclic amines) is 2. The average molecular weight is 684 g/mol. The van der Waals surface area contributed by atoms with Gasteiger partial charge < -0.3 is 29.9 Å². The first kappa shape index (κ1) is 36.4. The number of ether oxygens (including phenoxy) is 2. The minimum atomic E-state index is -0.719. The van der Waals surface area contributed by atoms with E-state index in [2.05, 4.69) is 15.6 Å². The Balaban J connectivity index is 1.33. The van der Waals surface area contributed by atoms with Crippen LogP contribution in [-0.2, 0) is 27.2 Å². The second-order valence-electron chi connectivity index (χ2n) is 13.4. The molecule has 0 bridgehead atoms. The zero-order valence-electron chi connectivity index (χ0n) is 29.5. The molecule has 1 aromatic heterocycles. The number of amides is 4. The number of rotatable bonds is 14. The van der Waals surface area contributed by atoms with Crippen molar-refractivity contribution in [3.63, 3.8) is 0 Å². The summed E-state index contributed by atoms with van der Waals surface area (Å²) in [5.74, 6) is -0.634. The van der Waals surface area contributed by atoms with E-state index in [0.29, 0.717) is 56.0 Å². The molecule has 2 aromatic carbocycles. The molecular weight excluding hydrogens is 634 g/mol. The topological polar surface area (TPSA) is 130 Å². The number of carbonyl (C=O) groups is 4.